The Bertz CT molecular complexity index is 760. The van der Waals surface area contributed by atoms with Gasteiger partial charge < -0.3 is 9.80 Å². The first kappa shape index (κ1) is 15.7. The van der Waals surface area contributed by atoms with Gasteiger partial charge in [-0.3, -0.25) is 9.48 Å². The van der Waals surface area contributed by atoms with Gasteiger partial charge in [0.1, 0.15) is 5.82 Å². The molecule has 0 N–H and O–H groups in total. The average Bonchev–Trinajstić information content (AvgIpc) is 3.37. The molecule has 1 aliphatic carbocycles. The summed E-state index contributed by atoms with van der Waals surface area (Å²) in [6.07, 6.45) is 2.54. The Hall–Kier alpha value is -1.82. The Morgan fingerprint density at radius 1 is 1.17 bits per heavy atom. The molecule has 0 spiro atoms. The highest BCUT2D eigenvalue weighted by atomic mass is 79.9. The number of halogens is 1. The molecular formula is C18H21BrN4O. The van der Waals surface area contributed by atoms with Gasteiger partial charge in [0.15, 0.2) is 0 Å². The molecule has 0 radical (unpaired) electrons. The number of hydrogen-bond donors (Lipinski definition) is 0. The second kappa shape index (κ2) is 6.24. The van der Waals surface area contributed by atoms with Crippen LogP contribution in [0.25, 0.3) is 0 Å². The average molecular weight is 389 g/mol. The molecule has 24 heavy (non-hydrogen) atoms. The number of aryl methyl sites for hydroxylation is 1. The Morgan fingerprint density at radius 3 is 2.54 bits per heavy atom. The van der Waals surface area contributed by atoms with E-state index in [0.29, 0.717) is 5.92 Å². The monoisotopic (exact) mass is 388 g/mol. The Kier molecular flexibility index (Phi) is 4.08. The highest BCUT2D eigenvalue weighted by Gasteiger charge is 2.29. The van der Waals surface area contributed by atoms with Crippen LogP contribution in [-0.4, -0.2) is 46.8 Å². The van der Waals surface area contributed by atoms with E-state index in [9.17, 15) is 4.79 Å². The second-order valence-electron chi connectivity index (χ2n) is 6.58. The lowest BCUT2D eigenvalue weighted by Gasteiger charge is -2.35. The van der Waals surface area contributed by atoms with E-state index in [4.69, 9.17) is 0 Å². The fraction of sp³-hybridized carbons (Fsp3) is 0.444. The number of carbonyl (C=O) groups excluding carboxylic acids is 1. The van der Waals surface area contributed by atoms with Gasteiger partial charge >= 0.3 is 0 Å². The summed E-state index contributed by atoms with van der Waals surface area (Å²) >= 11 is 3.47. The van der Waals surface area contributed by atoms with E-state index in [-0.39, 0.29) is 5.91 Å². The van der Waals surface area contributed by atoms with Crippen LogP contribution in [0.2, 0.25) is 0 Å². The molecule has 2 aliphatic rings. The number of nitrogens with zero attached hydrogens (tertiary/aromatic N) is 4. The largest absolute Gasteiger partial charge is 0.353 e. The number of amides is 1. The Labute approximate surface area is 150 Å². The van der Waals surface area contributed by atoms with Crippen molar-refractivity contribution in [3.63, 3.8) is 0 Å². The first-order chi connectivity index (χ1) is 11.6. The number of rotatable bonds is 3. The minimum Gasteiger partial charge on any atom is -0.353 e. The van der Waals surface area contributed by atoms with Gasteiger partial charge in [-0.2, -0.15) is 5.10 Å². The summed E-state index contributed by atoms with van der Waals surface area (Å²) in [5.74, 6) is 1.94. The van der Waals surface area contributed by atoms with Crippen LogP contribution in [0.3, 0.4) is 0 Å². The van der Waals surface area contributed by atoms with E-state index in [1.807, 2.05) is 40.9 Å². The molecule has 0 unspecified atom stereocenters. The van der Waals surface area contributed by atoms with Gasteiger partial charge in [-0.25, -0.2) is 0 Å². The predicted octanol–water partition coefficient (Wildman–Crippen LogP) is 3.02. The van der Waals surface area contributed by atoms with Gasteiger partial charge in [-0.15, -0.1) is 0 Å². The van der Waals surface area contributed by atoms with Crippen molar-refractivity contribution in [2.45, 2.75) is 18.8 Å². The third kappa shape index (κ3) is 2.95. The highest BCUT2D eigenvalue weighted by molar-refractivity contribution is 9.10. The molecule has 1 saturated heterocycles. The van der Waals surface area contributed by atoms with E-state index in [0.717, 1.165) is 36.2 Å². The zero-order chi connectivity index (χ0) is 16.7. The van der Waals surface area contributed by atoms with E-state index in [2.05, 4.69) is 32.0 Å². The van der Waals surface area contributed by atoms with E-state index in [1.54, 1.807) is 0 Å². The summed E-state index contributed by atoms with van der Waals surface area (Å²) in [7, 11) is 2.01. The topological polar surface area (TPSA) is 41.4 Å². The van der Waals surface area contributed by atoms with E-state index in [1.165, 1.54) is 24.4 Å². The van der Waals surface area contributed by atoms with Crippen LogP contribution in [0, 0.1) is 0 Å². The SMILES string of the molecule is Cn1nc(C2CC2)cc1N1CCN(C(=O)c2ccccc2Br)CC1. The number of carbonyl (C=O) groups is 1. The van der Waals surface area contributed by atoms with Crippen LogP contribution in [0.1, 0.15) is 34.8 Å². The van der Waals surface area contributed by atoms with Crippen LogP contribution >= 0.6 is 15.9 Å². The third-order valence-corrected chi connectivity index (χ3v) is 5.56. The maximum atomic E-state index is 12.7. The maximum absolute atomic E-state index is 12.7. The number of benzene rings is 1. The van der Waals surface area contributed by atoms with Gasteiger partial charge in [-0.1, -0.05) is 12.1 Å². The summed E-state index contributed by atoms with van der Waals surface area (Å²) < 4.78 is 2.84. The minimum atomic E-state index is 0.103. The van der Waals surface area contributed by atoms with Crippen LogP contribution < -0.4 is 4.90 Å². The Morgan fingerprint density at radius 2 is 1.88 bits per heavy atom. The lowest BCUT2D eigenvalue weighted by molar-refractivity contribution is 0.0745. The van der Waals surface area contributed by atoms with Gasteiger partial charge in [-0.05, 0) is 40.9 Å². The molecule has 2 heterocycles. The smallest absolute Gasteiger partial charge is 0.255 e. The molecule has 5 nitrogen and oxygen atoms in total. The van der Waals surface area contributed by atoms with Crippen LogP contribution in [0.4, 0.5) is 5.82 Å². The molecule has 0 atom stereocenters. The molecule has 2 aromatic rings. The van der Waals surface area contributed by atoms with Crippen molar-refractivity contribution in [1.29, 1.82) is 0 Å². The summed E-state index contributed by atoms with van der Waals surface area (Å²) in [4.78, 5) is 17.0. The van der Waals surface area contributed by atoms with Crippen LogP contribution in [0.5, 0.6) is 0 Å². The number of aromatic nitrogens is 2. The minimum absolute atomic E-state index is 0.103. The van der Waals surface area contributed by atoms with Gasteiger partial charge in [0.25, 0.3) is 5.91 Å². The first-order valence-corrected chi connectivity index (χ1v) is 9.25. The fourth-order valence-corrected chi connectivity index (χ4v) is 3.75. The summed E-state index contributed by atoms with van der Waals surface area (Å²) in [6.45, 7) is 3.17. The first-order valence-electron chi connectivity index (χ1n) is 8.46. The number of piperazine rings is 1. The molecule has 1 aromatic heterocycles. The van der Waals surface area contributed by atoms with E-state index >= 15 is 0 Å². The zero-order valence-electron chi connectivity index (χ0n) is 13.8. The number of hydrogen-bond acceptors (Lipinski definition) is 3. The number of anilines is 1. The molecule has 4 rings (SSSR count). The fourth-order valence-electron chi connectivity index (χ4n) is 3.30. The summed E-state index contributed by atoms with van der Waals surface area (Å²) in [5, 5.41) is 4.65. The molecule has 1 amide bonds. The second-order valence-corrected chi connectivity index (χ2v) is 7.44. The zero-order valence-corrected chi connectivity index (χ0v) is 15.4. The van der Waals surface area contributed by atoms with Crippen molar-refractivity contribution in [3.8, 4) is 0 Å². The highest BCUT2D eigenvalue weighted by Crippen LogP contribution is 2.40. The maximum Gasteiger partial charge on any atom is 0.255 e. The van der Waals surface area contributed by atoms with Crippen molar-refractivity contribution < 1.29 is 4.79 Å². The molecule has 126 valence electrons. The van der Waals surface area contributed by atoms with Crippen molar-refractivity contribution >= 4 is 27.7 Å². The van der Waals surface area contributed by atoms with E-state index < -0.39 is 0 Å². The van der Waals surface area contributed by atoms with Gasteiger partial charge in [0.05, 0.1) is 11.3 Å². The molecule has 6 heteroatoms. The molecule has 1 saturated carbocycles. The van der Waals surface area contributed by atoms with Gasteiger partial charge in [0.2, 0.25) is 0 Å². The quantitative estimate of drug-likeness (QED) is 0.811. The predicted molar refractivity (Wildman–Crippen MR) is 97.4 cm³/mol. The summed E-state index contributed by atoms with van der Waals surface area (Å²) in [6, 6.07) is 9.85. The van der Waals surface area contributed by atoms with Crippen molar-refractivity contribution in [3.05, 3.63) is 46.1 Å². The molecular weight excluding hydrogens is 368 g/mol. The van der Waals surface area contributed by atoms with Crippen molar-refractivity contribution in [2.75, 3.05) is 31.1 Å². The van der Waals surface area contributed by atoms with Crippen molar-refractivity contribution in [2.24, 2.45) is 7.05 Å². The van der Waals surface area contributed by atoms with Gasteiger partial charge in [0, 0.05) is 49.7 Å². The molecule has 1 aromatic carbocycles. The lowest BCUT2D eigenvalue weighted by atomic mass is 10.2. The molecule has 1 aliphatic heterocycles. The van der Waals surface area contributed by atoms with Crippen LogP contribution in [0.15, 0.2) is 34.8 Å². The standard InChI is InChI=1S/C18H21BrN4O/c1-21-17(12-16(20-21)13-6-7-13)22-8-10-23(11-9-22)18(24)14-4-2-3-5-15(14)19/h2-5,12-13H,6-11H2,1H3. The lowest BCUT2D eigenvalue weighted by Crippen LogP contribution is -2.49. The third-order valence-electron chi connectivity index (χ3n) is 4.86. The normalized spacial score (nSPS) is 18.1. The molecule has 2 fully saturated rings. The van der Waals surface area contributed by atoms with Crippen LogP contribution in [-0.2, 0) is 7.05 Å². The Balaban J connectivity index is 1.43. The summed E-state index contributed by atoms with van der Waals surface area (Å²) in [5.41, 5.74) is 1.96. The van der Waals surface area contributed by atoms with Crippen molar-refractivity contribution in [1.82, 2.24) is 14.7 Å². The molecule has 0 bridgehead atoms.